The molecule has 0 radical (unpaired) electrons. The quantitative estimate of drug-likeness (QED) is 0.151. The van der Waals surface area contributed by atoms with Crippen LogP contribution in [-0.2, 0) is 29.4 Å². The highest BCUT2D eigenvalue weighted by Crippen LogP contribution is 2.53. The summed E-state index contributed by atoms with van der Waals surface area (Å²) in [7, 11) is 0. The Morgan fingerprint density at radius 3 is 2.21 bits per heavy atom. The largest absolute Gasteiger partial charge is 0.369 e. The summed E-state index contributed by atoms with van der Waals surface area (Å²) in [5.41, 5.74) is 5.53. The van der Waals surface area contributed by atoms with Gasteiger partial charge in [-0.2, -0.15) is 0 Å². The third-order valence-electron chi connectivity index (χ3n) is 18.5. The second-order valence-electron chi connectivity index (χ2n) is 23.4. The van der Waals surface area contributed by atoms with Gasteiger partial charge in [-0.05, 0) is 146 Å². The smallest absolute Gasteiger partial charge is 0.238 e. The van der Waals surface area contributed by atoms with E-state index >= 15 is 9.18 Å². The number of hydrogen-bond donors (Lipinski definition) is 2. The number of fused-ring (bicyclic) bond motifs is 3. The standard InChI is InChI=1S/C57H71FN10O5/c1-35(2)67-34-59-46-33-45(61-51(50(46)67)60-39-9-10-39)38-7-12-43-48(30-38)68(41-31-40(32-41)63-21-5-4-6-22-63)55(73)57(43)19-27-66(28-20-57)54(72)56(3)17-25-65(26-18-56)53(71)36-15-23-64(24-16-36)47-13-8-37(29-44(47)58)42-11-14-49(69)62-52(42)70/h7-8,12-13,29-30,33-36,39-42H,4-6,9-11,14-28,31-32H2,1-3H3,(H,60,61)(H,62,69,70)/t40-,41+,42?. The lowest BCUT2D eigenvalue weighted by Crippen LogP contribution is -2.59. The summed E-state index contributed by atoms with van der Waals surface area (Å²) in [4.78, 5) is 88.7. The van der Waals surface area contributed by atoms with Crippen LogP contribution in [0.4, 0.5) is 21.6 Å². The Hall–Kier alpha value is -5.90. The number of benzene rings is 2. The average molecular weight is 995 g/mol. The number of halogens is 1. The Kier molecular flexibility index (Phi) is 12.4. The van der Waals surface area contributed by atoms with E-state index < -0.39 is 22.6 Å². The zero-order valence-electron chi connectivity index (χ0n) is 42.8. The lowest BCUT2D eigenvalue weighted by Gasteiger charge is -2.48. The Labute approximate surface area is 427 Å². The lowest BCUT2D eigenvalue weighted by molar-refractivity contribution is -0.150. The fraction of sp³-hybridized carbons (Fsp3) is 0.596. The van der Waals surface area contributed by atoms with Crippen molar-refractivity contribution >= 4 is 57.8 Å². The lowest BCUT2D eigenvalue weighted by atomic mass is 9.72. The fourth-order valence-corrected chi connectivity index (χ4v) is 13.6. The van der Waals surface area contributed by atoms with Crippen molar-refractivity contribution in [3.05, 3.63) is 65.7 Å². The number of imide groups is 1. The number of likely N-dealkylation sites (tertiary alicyclic amines) is 3. The monoisotopic (exact) mass is 995 g/mol. The van der Waals surface area contributed by atoms with Crippen LogP contribution < -0.4 is 20.4 Å². The number of carbonyl (C=O) groups is 5. The first-order chi connectivity index (χ1) is 35.3. The molecule has 8 heterocycles. The van der Waals surface area contributed by atoms with Crippen molar-refractivity contribution in [1.29, 1.82) is 0 Å². The number of rotatable bonds is 10. The molecule has 4 aromatic rings. The minimum Gasteiger partial charge on any atom is -0.369 e. The predicted octanol–water partition coefficient (Wildman–Crippen LogP) is 7.68. The van der Waals surface area contributed by atoms with Crippen LogP contribution in [0.5, 0.6) is 0 Å². The van der Waals surface area contributed by atoms with Gasteiger partial charge in [-0.1, -0.05) is 31.5 Å². The second kappa shape index (κ2) is 18.8. The average Bonchev–Trinajstić information content (AvgIpc) is 4.05. The van der Waals surface area contributed by atoms with Crippen LogP contribution in [0.3, 0.4) is 0 Å². The zero-order valence-corrected chi connectivity index (χ0v) is 42.8. The van der Waals surface area contributed by atoms with E-state index in [1.165, 1.54) is 25.3 Å². The van der Waals surface area contributed by atoms with Gasteiger partial charge >= 0.3 is 0 Å². The predicted molar refractivity (Wildman–Crippen MR) is 278 cm³/mol. The van der Waals surface area contributed by atoms with Gasteiger partial charge < -0.3 is 34.4 Å². The maximum absolute atomic E-state index is 15.5. The Bertz CT molecular complexity index is 2840. The molecule has 1 unspecified atom stereocenters. The molecule has 386 valence electrons. The van der Waals surface area contributed by atoms with Crippen LogP contribution in [0.25, 0.3) is 22.3 Å². The molecule has 7 fully saturated rings. The number of imidazole rings is 1. The molecule has 5 saturated heterocycles. The van der Waals surface area contributed by atoms with Gasteiger partial charge in [0.05, 0.1) is 34.6 Å². The molecule has 5 amide bonds. The van der Waals surface area contributed by atoms with E-state index in [-0.39, 0.29) is 54.0 Å². The maximum Gasteiger partial charge on any atom is 0.238 e. The van der Waals surface area contributed by atoms with Gasteiger partial charge in [0.1, 0.15) is 11.3 Å². The molecular formula is C57H71FN10O5. The van der Waals surface area contributed by atoms with Crippen LogP contribution in [0.15, 0.2) is 48.8 Å². The van der Waals surface area contributed by atoms with Crippen LogP contribution in [0.2, 0.25) is 0 Å². The molecule has 16 heteroatoms. The van der Waals surface area contributed by atoms with Crippen molar-refractivity contribution in [3.63, 3.8) is 0 Å². The van der Waals surface area contributed by atoms with Crippen molar-refractivity contribution in [2.75, 3.05) is 67.5 Å². The van der Waals surface area contributed by atoms with Crippen molar-refractivity contribution < 1.29 is 28.4 Å². The van der Waals surface area contributed by atoms with Crippen molar-refractivity contribution in [2.45, 2.75) is 153 Å². The van der Waals surface area contributed by atoms with Gasteiger partial charge in [0.15, 0.2) is 5.82 Å². The van der Waals surface area contributed by atoms with Crippen LogP contribution in [0.1, 0.15) is 140 Å². The molecule has 2 saturated carbocycles. The molecule has 2 aromatic carbocycles. The number of nitrogens with zero attached hydrogens (tertiary/aromatic N) is 8. The fourth-order valence-electron chi connectivity index (χ4n) is 13.6. The molecule has 0 bridgehead atoms. The van der Waals surface area contributed by atoms with Gasteiger partial charge in [0, 0.05) is 92.4 Å². The highest BCUT2D eigenvalue weighted by atomic mass is 19.1. The summed E-state index contributed by atoms with van der Waals surface area (Å²) < 4.78 is 17.7. The number of aromatic nitrogens is 3. The van der Waals surface area contributed by atoms with E-state index in [4.69, 9.17) is 9.97 Å². The number of hydrogen-bond acceptors (Lipinski definition) is 10. The van der Waals surface area contributed by atoms with Crippen molar-refractivity contribution in [3.8, 4) is 11.3 Å². The van der Waals surface area contributed by atoms with E-state index in [2.05, 4.69) is 70.0 Å². The second-order valence-corrected chi connectivity index (χ2v) is 23.4. The molecule has 73 heavy (non-hydrogen) atoms. The van der Waals surface area contributed by atoms with Gasteiger partial charge in [0.2, 0.25) is 29.5 Å². The van der Waals surface area contributed by atoms with E-state index in [9.17, 15) is 19.2 Å². The van der Waals surface area contributed by atoms with Crippen LogP contribution >= 0.6 is 0 Å². The molecule has 6 aliphatic heterocycles. The molecule has 2 aliphatic carbocycles. The summed E-state index contributed by atoms with van der Waals surface area (Å²) in [6.07, 6.45) is 14.0. The van der Waals surface area contributed by atoms with E-state index in [0.717, 1.165) is 78.1 Å². The Morgan fingerprint density at radius 1 is 0.795 bits per heavy atom. The molecule has 2 aromatic heterocycles. The SMILES string of the molecule is CC(C)n1cnc2cc(-c3ccc4c(c3)N([C@H]3C[C@@H](N5CCCCC5)C3)C(=O)C43CCN(C(=O)C4(C)CCN(C(=O)C5CCN(c6ccc(C7CCC(=O)NC7=O)cc6F)CC5)CC4)CC3)nc(NC3CC3)c21. The van der Waals surface area contributed by atoms with E-state index in [1.54, 1.807) is 12.1 Å². The van der Waals surface area contributed by atoms with Crippen molar-refractivity contribution in [2.24, 2.45) is 11.3 Å². The number of pyridine rings is 1. The zero-order chi connectivity index (χ0) is 50.3. The molecule has 1 spiro atoms. The number of amides is 5. The molecule has 12 rings (SSSR count). The molecule has 1 atom stereocenters. The third-order valence-corrected chi connectivity index (χ3v) is 18.5. The highest BCUT2D eigenvalue weighted by Gasteiger charge is 2.57. The normalized spacial score (nSPS) is 25.6. The summed E-state index contributed by atoms with van der Waals surface area (Å²) in [6.45, 7) is 11.8. The number of anilines is 3. The number of nitrogens with one attached hydrogen (secondary N) is 2. The first kappa shape index (κ1) is 48.1. The molecule has 15 nitrogen and oxygen atoms in total. The highest BCUT2D eigenvalue weighted by molar-refractivity contribution is 6.09. The van der Waals surface area contributed by atoms with E-state index in [0.29, 0.717) is 108 Å². The third kappa shape index (κ3) is 8.66. The molecular weight excluding hydrogens is 924 g/mol. The Balaban J connectivity index is 0.707. The topological polar surface area (TPSA) is 156 Å². The van der Waals surface area contributed by atoms with Crippen LogP contribution in [-0.4, -0.2) is 129 Å². The van der Waals surface area contributed by atoms with Gasteiger partial charge in [0.25, 0.3) is 0 Å². The van der Waals surface area contributed by atoms with Crippen molar-refractivity contribution in [1.82, 2.24) is 34.6 Å². The summed E-state index contributed by atoms with van der Waals surface area (Å²) in [6, 6.07) is 14.8. The van der Waals surface area contributed by atoms with Crippen LogP contribution in [0, 0.1) is 17.2 Å². The van der Waals surface area contributed by atoms with Gasteiger partial charge in [-0.15, -0.1) is 0 Å². The van der Waals surface area contributed by atoms with E-state index in [1.807, 2.05) is 21.0 Å². The first-order valence-corrected chi connectivity index (χ1v) is 27.6. The number of piperidine rings is 5. The minimum atomic E-state index is -0.704. The summed E-state index contributed by atoms with van der Waals surface area (Å²) in [5, 5.41) is 6.05. The maximum atomic E-state index is 15.5. The first-order valence-electron chi connectivity index (χ1n) is 27.6. The molecule has 8 aliphatic rings. The van der Waals surface area contributed by atoms with Gasteiger partial charge in [-0.25, -0.2) is 14.4 Å². The molecule has 2 N–H and O–H groups in total. The number of carbonyl (C=O) groups excluding carboxylic acids is 5. The summed E-state index contributed by atoms with van der Waals surface area (Å²) in [5.74, 6) is -0.549. The Morgan fingerprint density at radius 2 is 1.52 bits per heavy atom. The van der Waals surface area contributed by atoms with Gasteiger partial charge in [-0.3, -0.25) is 29.3 Å². The summed E-state index contributed by atoms with van der Waals surface area (Å²) >= 11 is 0. The minimum absolute atomic E-state index is 0.108.